The van der Waals surface area contributed by atoms with Crippen molar-refractivity contribution in [2.45, 2.75) is 109 Å². The Labute approximate surface area is 232 Å². The van der Waals surface area contributed by atoms with Crippen molar-refractivity contribution in [2.75, 3.05) is 20.0 Å². The number of amides is 1. The van der Waals surface area contributed by atoms with Crippen LogP contribution in [-0.4, -0.2) is 60.1 Å². The Bertz CT molecular complexity index is 935. The van der Waals surface area contributed by atoms with Gasteiger partial charge in [0.05, 0.1) is 19.3 Å². The number of esters is 1. The van der Waals surface area contributed by atoms with Crippen LogP contribution in [0.4, 0.5) is 4.79 Å². The third-order valence-corrected chi connectivity index (χ3v) is 8.41. The monoisotopic (exact) mass is 547 g/mol. The van der Waals surface area contributed by atoms with Crippen LogP contribution in [0, 0.1) is 0 Å². The van der Waals surface area contributed by atoms with E-state index in [0.717, 1.165) is 61.8 Å². The molecule has 0 N–H and O–H groups in total. The van der Waals surface area contributed by atoms with E-state index in [1.807, 2.05) is 36.1 Å². The Kier molecular flexibility index (Phi) is 12.0. The minimum atomic E-state index is -1.05. The summed E-state index contributed by atoms with van der Waals surface area (Å²) in [4.78, 5) is 27.7. The summed E-state index contributed by atoms with van der Waals surface area (Å²) in [6, 6.07) is 7.44. The van der Waals surface area contributed by atoms with Crippen molar-refractivity contribution in [3.8, 4) is 5.75 Å². The van der Waals surface area contributed by atoms with Gasteiger partial charge in [0.1, 0.15) is 11.9 Å². The van der Waals surface area contributed by atoms with Gasteiger partial charge in [0.15, 0.2) is 5.79 Å². The lowest BCUT2D eigenvalue weighted by molar-refractivity contribution is -0.305. The highest BCUT2D eigenvalue weighted by Gasteiger charge is 2.54. The highest BCUT2D eigenvalue weighted by Crippen LogP contribution is 2.43. The number of unbranched alkanes of at least 4 members (excludes halogenated alkanes) is 3. The fraction of sp³-hybridized carbons (Fsp3) is 0.667. The average molecular weight is 548 g/mol. The maximum absolute atomic E-state index is 13.0. The molecule has 0 bridgehead atoms. The van der Waals surface area contributed by atoms with Gasteiger partial charge in [-0.2, -0.15) is 0 Å². The van der Waals surface area contributed by atoms with Crippen molar-refractivity contribution < 1.29 is 28.5 Å². The molecule has 0 spiro atoms. The second kappa shape index (κ2) is 14.9. The Morgan fingerprint density at radius 2 is 1.89 bits per heavy atom. The van der Waals surface area contributed by atoms with Crippen LogP contribution in [0.15, 0.2) is 35.9 Å². The molecule has 1 aromatic carbocycles. The first-order valence-electron chi connectivity index (χ1n) is 14.0. The lowest BCUT2D eigenvalue weighted by Gasteiger charge is -2.48. The van der Waals surface area contributed by atoms with Gasteiger partial charge in [0.25, 0.3) is 5.24 Å². The number of rotatable bonds is 14. The number of benzene rings is 1. The Morgan fingerprint density at radius 3 is 2.55 bits per heavy atom. The first kappa shape index (κ1) is 30.5. The van der Waals surface area contributed by atoms with Crippen LogP contribution in [-0.2, 0) is 25.5 Å². The zero-order valence-electron chi connectivity index (χ0n) is 23.7. The molecule has 0 radical (unpaired) electrons. The van der Waals surface area contributed by atoms with Gasteiger partial charge in [0.2, 0.25) is 0 Å². The lowest BCUT2D eigenvalue weighted by Crippen LogP contribution is -2.60. The molecule has 38 heavy (non-hydrogen) atoms. The van der Waals surface area contributed by atoms with Crippen LogP contribution < -0.4 is 4.74 Å². The van der Waals surface area contributed by atoms with E-state index in [2.05, 4.69) is 13.8 Å². The minimum absolute atomic E-state index is 0.00183. The van der Waals surface area contributed by atoms with E-state index >= 15 is 0 Å². The lowest BCUT2D eigenvalue weighted by atomic mass is 9.90. The number of nitrogens with zero attached hydrogens (tertiary/aromatic N) is 1. The van der Waals surface area contributed by atoms with Gasteiger partial charge >= 0.3 is 5.97 Å². The minimum Gasteiger partial charge on any atom is -0.497 e. The Balaban J connectivity index is 1.81. The summed E-state index contributed by atoms with van der Waals surface area (Å²) in [7, 11) is 3.28. The molecule has 0 saturated carbocycles. The smallest absolute Gasteiger partial charge is 0.330 e. The SMILES string of the molecule is CCCCC[C@@H]1CC(OC(=O)/C=C(/C)CCCC)C[C@](OC)([C@@H]2CSC(=O)N2Cc2ccc(OC)cc2)O1. The number of allylic oxidation sites excluding steroid dienone is 1. The molecule has 2 aliphatic heterocycles. The quantitative estimate of drug-likeness (QED) is 0.143. The number of ether oxygens (including phenoxy) is 4. The van der Waals surface area contributed by atoms with E-state index in [4.69, 9.17) is 18.9 Å². The number of thioether (sulfide) groups is 1. The van der Waals surface area contributed by atoms with E-state index in [9.17, 15) is 9.59 Å². The molecule has 1 aromatic rings. The van der Waals surface area contributed by atoms with Crippen molar-refractivity contribution in [1.29, 1.82) is 0 Å². The number of methoxy groups -OCH3 is 2. The summed E-state index contributed by atoms with van der Waals surface area (Å²) in [6.07, 6.45) is 9.35. The summed E-state index contributed by atoms with van der Waals surface area (Å²) >= 11 is 1.29. The molecule has 2 saturated heterocycles. The largest absolute Gasteiger partial charge is 0.497 e. The number of hydrogen-bond donors (Lipinski definition) is 0. The number of carbonyl (C=O) groups is 2. The van der Waals surface area contributed by atoms with E-state index in [1.54, 1.807) is 20.3 Å². The van der Waals surface area contributed by atoms with Crippen molar-refractivity contribution in [3.63, 3.8) is 0 Å². The van der Waals surface area contributed by atoms with Gasteiger partial charge in [-0.15, -0.1) is 0 Å². The molecule has 3 rings (SSSR count). The van der Waals surface area contributed by atoms with Crippen LogP contribution in [0.2, 0.25) is 0 Å². The molecule has 2 fully saturated rings. The van der Waals surface area contributed by atoms with Crippen LogP contribution >= 0.6 is 11.8 Å². The zero-order valence-corrected chi connectivity index (χ0v) is 24.5. The highest BCUT2D eigenvalue weighted by molar-refractivity contribution is 8.13. The van der Waals surface area contributed by atoms with Gasteiger partial charge in [-0.05, 0) is 43.9 Å². The van der Waals surface area contributed by atoms with Crippen molar-refractivity contribution >= 4 is 23.0 Å². The van der Waals surface area contributed by atoms with Crippen molar-refractivity contribution in [1.82, 2.24) is 4.90 Å². The molecule has 2 aliphatic rings. The molecular weight excluding hydrogens is 502 g/mol. The topological polar surface area (TPSA) is 74.3 Å². The standard InChI is InChI=1S/C30H45NO6S/c1-6-8-10-12-25-18-26(36-28(32)17-22(3)11-9-7-2)19-30(35-5,37-25)27-21-38-29(33)31(27)20-23-13-15-24(34-4)16-14-23/h13-17,25-27H,6-12,18-21H2,1-5H3/b22-17-/t25-,26?,27+,30-/m1/s1. The zero-order chi connectivity index (χ0) is 27.5. The van der Waals surface area contributed by atoms with Gasteiger partial charge in [-0.3, -0.25) is 4.79 Å². The molecule has 0 aliphatic carbocycles. The molecule has 1 amide bonds. The molecule has 212 valence electrons. The molecule has 1 unspecified atom stereocenters. The number of hydrogen-bond acceptors (Lipinski definition) is 7. The summed E-state index contributed by atoms with van der Waals surface area (Å²) in [5.74, 6) is -0.0295. The third kappa shape index (κ3) is 8.23. The second-order valence-electron chi connectivity index (χ2n) is 10.4. The molecule has 7 nitrogen and oxygen atoms in total. The molecule has 4 atom stereocenters. The first-order chi connectivity index (χ1) is 18.3. The maximum atomic E-state index is 13.0. The summed E-state index contributed by atoms with van der Waals surface area (Å²) in [5, 5.41) is 0.00183. The van der Waals surface area contributed by atoms with Gasteiger partial charge in [-0.1, -0.05) is 69.0 Å². The van der Waals surface area contributed by atoms with Crippen LogP contribution in [0.3, 0.4) is 0 Å². The van der Waals surface area contributed by atoms with Crippen LogP contribution in [0.5, 0.6) is 5.75 Å². The van der Waals surface area contributed by atoms with Gasteiger partial charge < -0.3 is 23.8 Å². The fourth-order valence-corrected chi connectivity index (χ4v) is 6.38. The molecule has 2 heterocycles. The van der Waals surface area contributed by atoms with Crippen LogP contribution in [0.1, 0.15) is 84.1 Å². The Morgan fingerprint density at radius 1 is 1.16 bits per heavy atom. The molecule has 0 aromatic heterocycles. The summed E-state index contributed by atoms with van der Waals surface area (Å²) < 4.78 is 24.1. The normalized spacial score (nSPS) is 26.0. The van der Waals surface area contributed by atoms with Crippen molar-refractivity contribution in [3.05, 3.63) is 41.5 Å². The van der Waals surface area contributed by atoms with E-state index in [0.29, 0.717) is 25.1 Å². The van der Waals surface area contributed by atoms with E-state index in [1.165, 1.54) is 11.8 Å². The molecular formula is C30H45NO6S. The predicted octanol–water partition coefficient (Wildman–Crippen LogP) is 6.88. The average Bonchev–Trinajstić information content (AvgIpc) is 3.28. The van der Waals surface area contributed by atoms with Gasteiger partial charge in [-0.25, -0.2) is 4.79 Å². The first-order valence-corrected chi connectivity index (χ1v) is 15.0. The van der Waals surface area contributed by atoms with E-state index in [-0.39, 0.29) is 29.5 Å². The number of carbonyl (C=O) groups excluding carboxylic acids is 2. The molecule has 8 heteroatoms. The summed E-state index contributed by atoms with van der Waals surface area (Å²) in [5.41, 5.74) is 2.04. The Hall–Kier alpha value is -2.03. The summed E-state index contributed by atoms with van der Waals surface area (Å²) in [6.45, 7) is 6.74. The second-order valence-corrected chi connectivity index (χ2v) is 11.4. The fourth-order valence-electron chi connectivity index (χ4n) is 5.29. The third-order valence-electron chi connectivity index (χ3n) is 7.45. The van der Waals surface area contributed by atoms with E-state index < -0.39 is 5.79 Å². The maximum Gasteiger partial charge on any atom is 0.330 e. The van der Waals surface area contributed by atoms with Gasteiger partial charge in [0, 0.05) is 38.3 Å². The highest BCUT2D eigenvalue weighted by atomic mass is 32.2. The van der Waals surface area contributed by atoms with Crippen LogP contribution in [0.25, 0.3) is 0 Å². The van der Waals surface area contributed by atoms with Crippen molar-refractivity contribution in [2.24, 2.45) is 0 Å². The predicted molar refractivity (Wildman–Crippen MR) is 151 cm³/mol.